The molecule has 22 heavy (non-hydrogen) atoms. The molecule has 0 bridgehead atoms. The molecule has 0 aromatic carbocycles. The Bertz CT molecular complexity index is 210. The summed E-state index contributed by atoms with van der Waals surface area (Å²) in [4.78, 5) is 0. The van der Waals surface area contributed by atoms with Crippen molar-refractivity contribution in [1.82, 2.24) is 0 Å². The number of unbranched alkanes of at least 4 members (excludes halogenated alkanes) is 14. The molecule has 0 radical (unpaired) electrons. The van der Waals surface area contributed by atoms with Crippen LogP contribution in [-0.4, -0.2) is 22.5 Å². The van der Waals surface area contributed by atoms with E-state index in [4.69, 9.17) is 15.9 Å². The Kier molecular flexibility index (Phi) is 17.1. The minimum absolute atomic E-state index is 0.470. The van der Waals surface area contributed by atoms with Gasteiger partial charge in [-0.15, -0.1) is 0 Å². The van der Waals surface area contributed by atoms with Gasteiger partial charge in [-0.3, -0.25) is 0 Å². The Labute approximate surface area is 138 Å². The minimum atomic E-state index is -1.35. The lowest BCUT2D eigenvalue weighted by molar-refractivity contribution is -0.0599. The highest BCUT2D eigenvalue weighted by molar-refractivity contribution is 4.62. The summed E-state index contributed by atoms with van der Waals surface area (Å²) < 4.78 is 0. The van der Waals surface area contributed by atoms with Crippen LogP contribution in [0.25, 0.3) is 0 Å². The summed E-state index contributed by atoms with van der Waals surface area (Å²) in [5, 5.41) is 17.7. The molecule has 3 nitrogen and oxygen atoms in total. The first-order valence-corrected chi connectivity index (χ1v) is 9.80. The maximum atomic E-state index is 8.87. The van der Waals surface area contributed by atoms with E-state index in [0.29, 0.717) is 0 Å². The predicted molar refractivity (Wildman–Crippen MR) is 95.7 cm³/mol. The van der Waals surface area contributed by atoms with E-state index in [1.54, 1.807) is 0 Å². The van der Waals surface area contributed by atoms with Gasteiger partial charge in [0.25, 0.3) is 0 Å². The van der Waals surface area contributed by atoms with E-state index >= 15 is 0 Å². The molecule has 0 aliphatic rings. The van der Waals surface area contributed by atoms with Crippen molar-refractivity contribution < 1.29 is 10.2 Å². The van der Waals surface area contributed by atoms with Gasteiger partial charge in [-0.1, -0.05) is 103 Å². The van der Waals surface area contributed by atoms with Crippen molar-refractivity contribution in [3.63, 3.8) is 0 Å². The first kappa shape index (κ1) is 21.9. The molecule has 0 saturated heterocycles. The monoisotopic (exact) mass is 315 g/mol. The summed E-state index contributed by atoms with van der Waals surface area (Å²) in [7, 11) is 0. The third kappa shape index (κ3) is 16.3. The molecular weight excluding hydrogens is 274 g/mol. The van der Waals surface area contributed by atoms with Crippen LogP contribution in [0.4, 0.5) is 0 Å². The fourth-order valence-corrected chi connectivity index (χ4v) is 2.90. The van der Waals surface area contributed by atoms with Crippen molar-refractivity contribution in [2.45, 2.75) is 122 Å². The fourth-order valence-electron chi connectivity index (χ4n) is 2.90. The Morgan fingerprint density at radius 3 is 1.23 bits per heavy atom. The van der Waals surface area contributed by atoms with Gasteiger partial charge in [0.05, 0.1) is 6.04 Å². The first-order valence-electron chi connectivity index (χ1n) is 9.80. The molecule has 0 aromatic heterocycles. The van der Waals surface area contributed by atoms with Crippen molar-refractivity contribution in [2.24, 2.45) is 5.73 Å². The lowest BCUT2D eigenvalue weighted by Gasteiger charge is -2.12. The topological polar surface area (TPSA) is 66.5 Å². The molecule has 0 aliphatic heterocycles. The van der Waals surface area contributed by atoms with E-state index in [1.165, 1.54) is 83.5 Å². The second kappa shape index (κ2) is 17.2. The molecule has 4 N–H and O–H groups in total. The Hall–Kier alpha value is -0.120. The molecule has 1 atom stereocenters. The zero-order valence-electron chi connectivity index (χ0n) is 14.9. The second-order valence-electron chi connectivity index (χ2n) is 6.82. The average Bonchev–Trinajstić information content (AvgIpc) is 2.50. The number of hydrogen-bond acceptors (Lipinski definition) is 3. The summed E-state index contributed by atoms with van der Waals surface area (Å²) in [6.45, 7) is 2.27. The molecule has 0 heterocycles. The maximum absolute atomic E-state index is 8.87. The van der Waals surface area contributed by atoms with Crippen LogP contribution >= 0.6 is 0 Å². The van der Waals surface area contributed by atoms with Gasteiger partial charge in [-0.25, -0.2) is 0 Å². The van der Waals surface area contributed by atoms with Crippen LogP contribution in [0, 0.1) is 0 Å². The number of aliphatic hydroxyl groups excluding tert-OH is 1. The van der Waals surface area contributed by atoms with Gasteiger partial charge >= 0.3 is 0 Å². The SMILES string of the molecule is CCCCCCCCCCCCCCCCCC(N)C(O)O. The molecule has 0 amide bonds. The highest BCUT2D eigenvalue weighted by Gasteiger charge is 2.09. The van der Waals surface area contributed by atoms with E-state index in [2.05, 4.69) is 6.92 Å². The minimum Gasteiger partial charge on any atom is -0.367 e. The Morgan fingerprint density at radius 2 is 0.909 bits per heavy atom. The first-order chi connectivity index (χ1) is 10.7. The summed E-state index contributed by atoms with van der Waals surface area (Å²) in [5.41, 5.74) is 5.57. The van der Waals surface area contributed by atoms with Gasteiger partial charge in [0.2, 0.25) is 0 Å². The van der Waals surface area contributed by atoms with Gasteiger partial charge in [-0.2, -0.15) is 0 Å². The highest BCUT2D eigenvalue weighted by Crippen LogP contribution is 2.14. The van der Waals surface area contributed by atoms with Crippen molar-refractivity contribution in [3.8, 4) is 0 Å². The van der Waals surface area contributed by atoms with Crippen LogP contribution in [0.1, 0.15) is 110 Å². The maximum Gasteiger partial charge on any atom is 0.166 e. The zero-order chi connectivity index (χ0) is 16.5. The lowest BCUT2D eigenvalue weighted by Crippen LogP contribution is -2.34. The van der Waals surface area contributed by atoms with Crippen LogP contribution in [0.5, 0.6) is 0 Å². The predicted octanol–water partition coefficient (Wildman–Crippen LogP) is 4.89. The zero-order valence-corrected chi connectivity index (χ0v) is 14.9. The van der Waals surface area contributed by atoms with Crippen molar-refractivity contribution in [3.05, 3.63) is 0 Å². The number of hydrogen-bond donors (Lipinski definition) is 3. The van der Waals surface area contributed by atoms with E-state index < -0.39 is 12.3 Å². The molecule has 0 aromatic rings. The van der Waals surface area contributed by atoms with Crippen LogP contribution in [0.2, 0.25) is 0 Å². The average molecular weight is 316 g/mol. The molecule has 134 valence electrons. The van der Waals surface area contributed by atoms with Crippen molar-refractivity contribution >= 4 is 0 Å². The van der Waals surface area contributed by atoms with E-state index in [1.807, 2.05) is 0 Å². The number of rotatable bonds is 17. The van der Waals surface area contributed by atoms with E-state index in [9.17, 15) is 0 Å². The molecular formula is C19H41NO2. The van der Waals surface area contributed by atoms with Crippen LogP contribution < -0.4 is 5.73 Å². The Balaban J connectivity index is 3.03. The normalized spacial score (nSPS) is 13.0. The third-order valence-electron chi connectivity index (χ3n) is 4.52. The molecule has 3 heteroatoms. The van der Waals surface area contributed by atoms with Crippen LogP contribution in [-0.2, 0) is 0 Å². The van der Waals surface area contributed by atoms with E-state index in [-0.39, 0.29) is 0 Å². The second-order valence-corrected chi connectivity index (χ2v) is 6.82. The quantitative estimate of drug-likeness (QED) is 0.264. The van der Waals surface area contributed by atoms with Crippen molar-refractivity contribution in [2.75, 3.05) is 0 Å². The van der Waals surface area contributed by atoms with E-state index in [0.717, 1.165) is 19.3 Å². The van der Waals surface area contributed by atoms with Gasteiger partial charge in [-0.05, 0) is 6.42 Å². The molecule has 0 aliphatic carbocycles. The van der Waals surface area contributed by atoms with Crippen LogP contribution in [0.15, 0.2) is 0 Å². The summed E-state index contributed by atoms with van der Waals surface area (Å²) in [5.74, 6) is 0. The number of aliphatic hydroxyl groups is 2. The van der Waals surface area contributed by atoms with Gasteiger partial charge in [0, 0.05) is 0 Å². The summed E-state index contributed by atoms with van der Waals surface area (Å²) >= 11 is 0. The molecule has 1 unspecified atom stereocenters. The van der Waals surface area contributed by atoms with Crippen molar-refractivity contribution in [1.29, 1.82) is 0 Å². The third-order valence-corrected chi connectivity index (χ3v) is 4.52. The van der Waals surface area contributed by atoms with Gasteiger partial charge in [0.1, 0.15) is 0 Å². The largest absolute Gasteiger partial charge is 0.367 e. The molecule has 0 fully saturated rings. The molecule has 0 rings (SSSR count). The van der Waals surface area contributed by atoms with Gasteiger partial charge < -0.3 is 15.9 Å². The summed E-state index contributed by atoms with van der Waals surface area (Å²) in [6.07, 6.45) is 19.6. The highest BCUT2D eigenvalue weighted by atomic mass is 16.5. The summed E-state index contributed by atoms with van der Waals surface area (Å²) in [6, 6.07) is -0.470. The Morgan fingerprint density at radius 1 is 0.591 bits per heavy atom. The molecule has 0 saturated carbocycles. The smallest absolute Gasteiger partial charge is 0.166 e. The number of nitrogens with two attached hydrogens (primary N) is 1. The standard InChI is InChI=1S/C19H41NO2/c1-2-3-4-5-6-7-8-9-10-11-12-13-14-15-16-17-18(20)19(21)22/h18-19,21-22H,2-17,20H2,1H3. The van der Waals surface area contributed by atoms with Gasteiger partial charge in [0.15, 0.2) is 6.29 Å². The van der Waals surface area contributed by atoms with Crippen LogP contribution in [0.3, 0.4) is 0 Å². The fraction of sp³-hybridized carbons (Fsp3) is 1.00. The lowest BCUT2D eigenvalue weighted by atomic mass is 10.0. The molecule has 0 spiro atoms.